The fourth-order valence-electron chi connectivity index (χ4n) is 7.38. The van der Waals surface area contributed by atoms with Crippen LogP contribution >= 0.6 is 0 Å². The molecule has 0 aliphatic rings. The summed E-state index contributed by atoms with van der Waals surface area (Å²) in [7, 11) is 0. The summed E-state index contributed by atoms with van der Waals surface area (Å²) < 4.78 is 10.7. The number of unbranched alkanes of at least 4 members (excludes halogenated alkanes) is 35. The number of aliphatic hydroxyl groups is 1. The van der Waals surface area contributed by atoms with E-state index in [9.17, 15) is 14.7 Å². The standard InChI is InChI=1S/C49H94O5/c1-3-5-7-9-11-13-15-17-19-21-23-24-26-28-30-32-34-36-38-40-42-44-49(52)54-47(45-50)46-53-48(51)43-41-39-37-35-33-31-29-27-25-22-20-18-16-14-12-10-8-6-4-2/h21,23,47,50H,3-20,22,24-46H2,1-2H3/b23-21-. The summed E-state index contributed by atoms with van der Waals surface area (Å²) >= 11 is 0. The first kappa shape index (κ1) is 52.6. The van der Waals surface area contributed by atoms with E-state index in [4.69, 9.17) is 9.47 Å². The molecule has 0 aromatic carbocycles. The molecule has 0 rings (SSSR count). The van der Waals surface area contributed by atoms with E-state index in [1.807, 2.05) is 0 Å². The Morgan fingerprint density at radius 2 is 0.685 bits per heavy atom. The van der Waals surface area contributed by atoms with Crippen LogP contribution in [0.2, 0.25) is 0 Å². The van der Waals surface area contributed by atoms with Gasteiger partial charge in [0.25, 0.3) is 0 Å². The van der Waals surface area contributed by atoms with Crippen LogP contribution in [0.25, 0.3) is 0 Å². The Labute approximate surface area is 337 Å². The van der Waals surface area contributed by atoms with E-state index in [0.717, 1.165) is 32.1 Å². The number of ether oxygens (including phenoxy) is 2. The Bertz CT molecular complexity index is 780. The van der Waals surface area contributed by atoms with E-state index >= 15 is 0 Å². The largest absolute Gasteiger partial charge is 0.462 e. The van der Waals surface area contributed by atoms with Crippen LogP contribution in [-0.4, -0.2) is 36.4 Å². The monoisotopic (exact) mass is 763 g/mol. The van der Waals surface area contributed by atoms with Gasteiger partial charge in [0.2, 0.25) is 0 Å². The van der Waals surface area contributed by atoms with Gasteiger partial charge in [-0.2, -0.15) is 0 Å². The van der Waals surface area contributed by atoms with Gasteiger partial charge < -0.3 is 14.6 Å². The molecule has 5 heteroatoms. The first-order chi connectivity index (χ1) is 26.6. The third kappa shape index (κ3) is 43.4. The first-order valence-electron chi connectivity index (χ1n) is 24.2. The van der Waals surface area contributed by atoms with Crippen LogP contribution in [0.5, 0.6) is 0 Å². The molecule has 0 aromatic rings. The van der Waals surface area contributed by atoms with Gasteiger partial charge >= 0.3 is 11.9 Å². The summed E-state index contributed by atoms with van der Waals surface area (Å²) in [5.41, 5.74) is 0. The van der Waals surface area contributed by atoms with Crippen molar-refractivity contribution in [3.63, 3.8) is 0 Å². The molecule has 1 atom stereocenters. The molecule has 0 aliphatic carbocycles. The second-order valence-corrected chi connectivity index (χ2v) is 16.5. The summed E-state index contributed by atoms with van der Waals surface area (Å²) in [5.74, 6) is -0.576. The van der Waals surface area contributed by atoms with Gasteiger partial charge in [0.15, 0.2) is 6.10 Å². The van der Waals surface area contributed by atoms with Crippen molar-refractivity contribution in [3.05, 3.63) is 12.2 Å². The van der Waals surface area contributed by atoms with E-state index in [-0.39, 0.29) is 25.2 Å². The van der Waals surface area contributed by atoms with Crippen LogP contribution in [0.3, 0.4) is 0 Å². The third-order valence-corrected chi connectivity index (χ3v) is 11.1. The van der Waals surface area contributed by atoms with Crippen molar-refractivity contribution >= 4 is 11.9 Å². The Morgan fingerprint density at radius 3 is 1.00 bits per heavy atom. The topological polar surface area (TPSA) is 72.8 Å². The zero-order chi connectivity index (χ0) is 39.3. The molecular formula is C49H94O5. The van der Waals surface area contributed by atoms with Crippen LogP contribution in [0.4, 0.5) is 0 Å². The summed E-state index contributed by atoms with van der Waals surface area (Å²) in [5, 5.41) is 9.61. The fraction of sp³-hybridized carbons (Fsp3) is 0.918. The lowest BCUT2D eigenvalue weighted by molar-refractivity contribution is -0.161. The summed E-state index contributed by atoms with van der Waals surface area (Å²) in [6, 6.07) is 0. The Kier molecular flexibility index (Phi) is 44.9. The van der Waals surface area contributed by atoms with Gasteiger partial charge in [-0.15, -0.1) is 0 Å². The molecule has 0 saturated heterocycles. The van der Waals surface area contributed by atoms with Crippen LogP contribution < -0.4 is 0 Å². The second-order valence-electron chi connectivity index (χ2n) is 16.5. The average Bonchev–Trinajstić information content (AvgIpc) is 3.17. The number of hydrogen-bond acceptors (Lipinski definition) is 5. The lowest BCUT2D eigenvalue weighted by Gasteiger charge is -2.15. The van der Waals surface area contributed by atoms with E-state index in [1.165, 1.54) is 212 Å². The van der Waals surface area contributed by atoms with Gasteiger partial charge in [0.1, 0.15) is 6.61 Å². The lowest BCUT2D eigenvalue weighted by atomic mass is 10.0. The van der Waals surface area contributed by atoms with Crippen molar-refractivity contribution < 1.29 is 24.2 Å². The molecule has 0 bridgehead atoms. The normalized spacial score (nSPS) is 12.1. The maximum Gasteiger partial charge on any atom is 0.306 e. The minimum Gasteiger partial charge on any atom is -0.462 e. The first-order valence-corrected chi connectivity index (χ1v) is 24.2. The minimum atomic E-state index is -0.767. The number of carbonyl (C=O) groups is 2. The number of aliphatic hydroxyl groups excluding tert-OH is 1. The fourth-order valence-corrected chi connectivity index (χ4v) is 7.38. The number of carbonyl (C=O) groups excluding carboxylic acids is 2. The molecule has 0 radical (unpaired) electrons. The molecule has 54 heavy (non-hydrogen) atoms. The second kappa shape index (κ2) is 46.0. The van der Waals surface area contributed by atoms with Gasteiger partial charge in [0, 0.05) is 12.8 Å². The zero-order valence-corrected chi connectivity index (χ0v) is 36.5. The number of hydrogen-bond donors (Lipinski definition) is 1. The smallest absolute Gasteiger partial charge is 0.306 e. The van der Waals surface area contributed by atoms with Crippen molar-refractivity contribution in [1.29, 1.82) is 0 Å². The molecular weight excluding hydrogens is 669 g/mol. The van der Waals surface area contributed by atoms with Crippen molar-refractivity contribution in [2.45, 2.75) is 277 Å². The van der Waals surface area contributed by atoms with Crippen LogP contribution in [-0.2, 0) is 19.1 Å². The molecule has 0 heterocycles. The Morgan fingerprint density at radius 1 is 0.407 bits per heavy atom. The zero-order valence-electron chi connectivity index (χ0n) is 36.5. The van der Waals surface area contributed by atoms with Gasteiger partial charge in [-0.05, 0) is 38.5 Å². The van der Waals surface area contributed by atoms with Crippen molar-refractivity contribution in [2.75, 3.05) is 13.2 Å². The summed E-state index contributed by atoms with van der Waals surface area (Å²) in [6.45, 7) is 4.18. The van der Waals surface area contributed by atoms with E-state index in [0.29, 0.717) is 12.8 Å². The highest BCUT2D eigenvalue weighted by Gasteiger charge is 2.16. The summed E-state index contributed by atoms with van der Waals surface area (Å²) in [4.78, 5) is 24.4. The van der Waals surface area contributed by atoms with Gasteiger partial charge in [-0.1, -0.05) is 231 Å². The highest BCUT2D eigenvalue weighted by molar-refractivity contribution is 5.70. The molecule has 0 saturated carbocycles. The Hall–Kier alpha value is -1.36. The molecule has 0 fully saturated rings. The third-order valence-electron chi connectivity index (χ3n) is 11.1. The molecule has 320 valence electrons. The summed E-state index contributed by atoms with van der Waals surface area (Å²) in [6.07, 6.45) is 54.4. The van der Waals surface area contributed by atoms with Crippen molar-refractivity contribution in [3.8, 4) is 0 Å². The maximum absolute atomic E-state index is 12.2. The molecule has 1 unspecified atom stereocenters. The highest BCUT2D eigenvalue weighted by atomic mass is 16.6. The maximum atomic E-state index is 12.2. The molecule has 0 spiro atoms. The number of rotatable bonds is 45. The predicted molar refractivity (Wildman–Crippen MR) is 233 cm³/mol. The van der Waals surface area contributed by atoms with E-state index in [2.05, 4.69) is 26.0 Å². The highest BCUT2D eigenvalue weighted by Crippen LogP contribution is 2.16. The van der Waals surface area contributed by atoms with Crippen LogP contribution in [0, 0.1) is 0 Å². The molecule has 5 nitrogen and oxygen atoms in total. The van der Waals surface area contributed by atoms with Crippen LogP contribution in [0.15, 0.2) is 12.2 Å². The molecule has 1 N–H and O–H groups in total. The van der Waals surface area contributed by atoms with Crippen molar-refractivity contribution in [1.82, 2.24) is 0 Å². The Balaban J connectivity index is 3.46. The SMILES string of the molecule is CCCCCCCCCC/C=C\CCCCCCCCCCCC(=O)OC(CO)COC(=O)CCCCCCCCCCCCCCCCCCCCC. The lowest BCUT2D eigenvalue weighted by Crippen LogP contribution is -2.28. The molecule has 0 amide bonds. The van der Waals surface area contributed by atoms with E-state index in [1.54, 1.807) is 0 Å². The molecule has 0 aliphatic heterocycles. The van der Waals surface area contributed by atoms with Crippen molar-refractivity contribution in [2.24, 2.45) is 0 Å². The predicted octanol–water partition coefficient (Wildman–Crippen LogP) is 15.6. The number of esters is 2. The van der Waals surface area contributed by atoms with Crippen LogP contribution in [0.1, 0.15) is 271 Å². The molecule has 0 aromatic heterocycles. The van der Waals surface area contributed by atoms with E-state index < -0.39 is 6.10 Å². The van der Waals surface area contributed by atoms with Gasteiger partial charge in [-0.3, -0.25) is 9.59 Å². The van der Waals surface area contributed by atoms with Gasteiger partial charge in [0.05, 0.1) is 6.61 Å². The number of allylic oxidation sites excluding steroid dienone is 2. The van der Waals surface area contributed by atoms with Gasteiger partial charge in [-0.25, -0.2) is 0 Å². The quantitative estimate of drug-likeness (QED) is 0.0380. The average molecular weight is 763 g/mol. The minimum absolute atomic E-state index is 0.0597.